The minimum atomic E-state index is -1.51. The zero-order valence-corrected chi connectivity index (χ0v) is 15.1. The molecule has 0 aromatic heterocycles. The van der Waals surface area contributed by atoms with Crippen LogP contribution in [0.1, 0.15) is 28.4 Å². The van der Waals surface area contributed by atoms with Gasteiger partial charge >= 0.3 is 0 Å². The van der Waals surface area contributed by atoms with Crippen molar-refractivity contribution in [3.63, 3.8) is 0 Å². The lowest BCUT2D eigenvalue weighted by molar-refractivity contribution is -0.242. The lowest BCUT2D eigenvalue weighted by Crippen LogP contribution is -2.54. The van der Waals surface area contributed by atoms with Gasteiger partial charge in [-0.15, -0.1) is 0 Å². The largest absolute Gasteiger partial charge is 0.508 e. The molecule has 5 N–H and O–H groups in total. The van der Waals surface area contributed by atoms with E-state index in [1.165, 1.54) is 24.3 Å². The standard InChI is InChI=1S/C20H20O9/c21-10-3-1-9(2-4-10)15-7-13(23)17-12(22)5-11(6-16(17)29-15)28-20-19(26)18(25)14(24)8-27-20/h1-6,14-15,18-22,24-26H,7-8H2. The summed E-state index contributed by atoms with van der Waals surface area (Å²) in [5.41, 5.74) is 0.698. The van der Waals surface area contributed by atoms with Crippen LogP contribution in [0.15, 0.2) is 36.4 Å². The average molecular weight is 404 g/mol. The monoisotopic (exact) mass is 404 g/mol. The molecule has 5 unspecified atom stereocenters. The number of aliphatic hydroxyl groups is 3. The number of hydrogen-bond acceptors (Lipinski definition) is 9. The molecule has 29 heavy (non-hydrogen) atoms. The molecular formula is C20H20O9. The summed E-state index contributed by atoms with van der Waals surface area (Å²) in [6, 6.07) is 8.81. The minimum absolute atomic E-state index is 0.0140. The van der Waals surface area contributed by atoms with E-state index in [9.17, 15) is 30.3 Å². The van der Waals surface area contributed by atoms with Gasteiger partial charge in [-0.2, -0.15) is 0 Å². The van der Waals surface area contributed by atoms with Crippen LogP contribution in [0.25, 0.3) is 0 Å². The van der Waals surface area contributed by atoms with E-state index in [0.717, 1.165) is 0 Å². The summed E-state index contributed by atoms with van der Waals surface area (Å²) in [6.45, 7) is -0.238. The molecule has 4 rings (SSSR count). The van der Waals surface area contributed by atoms with Crippen LogP contribution in [0.5, 0.6) is 23.0 Å². The summed E-state index contributed by atoms with van der Waals surface area (Å²) in [6.07, 6.45) is -6.08. The van der Waals surface area contributed by atoms with E-state index < -0.39 is 30.7 Å². The van der Waals surface area contributed by atoms with Crippen molar-refractivity contribution < 1.29 is 44.5 Å². The van der Waals surface area contributed by atoms with Crippen LogP contribution >= 0.6 is 0 Å². The zero-order chi connectivity index (χ0) is 20.7. The van der Waals surface area contributed by atoms with Gasteiger partial charge in [-0.05, 0) is 17.7 Å². The van der Waals surface area contributed by atoms with Crippen molar-refractivity contribution in [2.45, 2.75) is 37.1 Å². The van der Waals surface area contributed by atoms with Gasteiger partial charge in [-0.25, -0.2) is 0 Å². The van der Waals surface area contributed by atoms with Gasteiger partial charge in [0.15, 0.2) is 5.78 Å². The van der Waals surface area contributed by atoms with E-state index in [1.807, 2.05) is 0 Å². The lowest BCUT2D eigenvalue weighted by atomic mass is 9.95. The Labute approximate surface area is 165 Å². The molecule has 0 spiro atoms. The van der Waals surface area contributed by atoms with Crippen molar-refractivity contribution in [2.75, 3.05) is 6.61 Å². The van der Waals surface area contributed by atoms with Gasteiger partial charge in [-0.3, -0.25) is 4.79 Å². The van der Waals surface area contributed by atoms with Gasteiger partial charge in [0.1, 0.15) is 53.0 Å². The molecule has 2 aliphatic heterocycles. The maximum atomic E-state index is 12.5. The molecule has 2 aromatic rings. The van der Waals surface area contributed by atoms with Gasteiger partial charge in [-0.1, -0.05) is 12.1 Å². The highest BCUT2D eigenvalue weighted by Gasteiger charge is 2.39. The number of hydrogen-bond donors (Lipinski definition) is 5. The summed E-state index contributed by atoms with van der Waals surface area (Å²) in [5, 5.41) is 49.0. The van der Waals surface area contributed by atoms with Crippen LogP contribution in [0, 0.1) is 0 Å². The number of rotatable bonds is 3. The smallest absolute Gasteiger partial charge is 0.228 e. The van der Waals surface area contributed by atoms with Crippen LogP contribution in [0.4, 0.5) is 0 Å². The fourth-order valence-electron chi connectivity index (χ4n) is 3.37. The number of ketones is 1. The number of carbonyl (C=O) groups is 1. The molecule has 154 valence electrons. The number of phenols is 2. The number of Topliss-reactive ketones (excluding diaryl/α,β-unsaturated/α-hetero) is 1. The number of aliphatic hydroxyl groups excluding tert-OH is 3. The van der Waals surface area contributed by atoms with Crippen molar-refractivity contribution in [2.24, 2.45) is 0 Å². The molecule has 1 saturated heterocycles. The Morgan fingerprint density at radius 2 is 1.72 bits per heavy atom. The normalized spacial score (nSPS) is 29.1. The Balaban J connectivity index is 1.59. The third kappa shape index (κ3) is 3.73. The van der Waals surface area contributed by atoms with E-state index in [2.05, 4.69) is 0 Å². The fraction of sp³-hybridized carbons (Fsp3) is 0.350. The van der Waals surface area contributed by atoms with Gasteiger partial charge in [0, 0.05) is 12.1 Å². The second-order valence-electron chi connectivity index (χ2n) is 7.01. The quantitative estimate of drug-likeness (QED) is 0.497. The Morgan fingerprint density at radius 3 is 2.45 bits per heavy atom. The summed E-state index contributed by atoms with van der Waals surface area (Å²) < 4.78 is 16.6. The number of fused-ring (bicyclic) bond motifs is 1. The summed E-state index contributed by atoms with van der Waals surface area (Å²) in [7, 11) is 0. The highest BCUT2D eigenvalue weighted by Crippen LogP contribution is 2.42. The second kappa shape index (κ2) is 7.53. The number of aromatic hydroxyl groups is 2. The van der Waals surface area contributed by atoms with Crippen molar-refractivity contribution in [1.29, 1.82) is 0 Å². The second-order valence-corrected chi connectivity index (χ2v) is 7.01. The predicted molar refractivity (Wildman–Crippen MR) is 96.9 cm³/mol. The van der Waals surface area contributed by atoms with Crippen molar-refractivity contribution >= 4 is 5.78 Å². The Kier molecular flexibility index (Phi) is 5.05. The highest BCUT2D eigenvalue weighted by atomic mass is 16.7. The molecule has 9 nitrogen and oxygen atoms in total. The van der Waals surface area contributed by atoms with E-state index in [-0.39, 0.29) is 47.4 Å². The van der Waals surface area contributed by atoms with E-state index in [0.29, 0.717) is 5.56 Å². The number of carbonyl (C=O) groups excluding carboxylic acids is 1. The SMILES string of the molecule is O=C1CC(c2ccc(O)cc2)Oc2cc(OC3OCC(O)C(O)C3O)cc(O)c21. The lowest BCUT2D eigenvalue weighted by Gasteiger charge is -2.35. The number of phenolic OH excluding ortho intramolecular Hbond substituents is 2. The first-order valence-electron chi connectivity index (χ1n) is 9.01. The summed E-state index contributed by atoms with van der Waals surface area (Å²) in [4.78, 5) is 12.5. The number of benzene rings is 2. The van der Waals surface area contributed by atoms with Gasteiger partial charge < -0.3 is 39.7 Å². The van der Waals surface area contributed by atoms with E-state index in [4.69, 9.17) is 14.2 Å². The first kappa shape index (κ1) is 19.5. The molecule has 5 atom stereocenters. The maximum Gasteiger partial charge on any atom is 0.228 e. The molecule has 0 bridgehead atoms. The van der Waals surface area contributed by atoms with Gasteiger partial charge in [0.25, 0.3) is 0 Å². The third-order valence-corrected chi connectivity index (χ3v) is 4.95. The maximum absolute atomic E-state index is 12.5. The number of ether oxygens (including phenoxy) is 3. The third-order valence-electron chi connectivity index (χ3n) is 4.95. The van der Waals surface area contributed by atoms with Crippen LogP contribution < -0.4 is 9.47 Å². The molecule has 0 radical (unpaired) electrons. The minimum Gasteiger partial charge on any atom is -0.508 e. The molecule has 0 amide bonds. The molecule has 0 saturated carbocycles. The topological polar surface area (TPSA) is 146 Å². The first-order chi connectivity index (χ1) is 13.8. The molecule has 2 aliphatic rings. The van der Waals surface area contributed by atoms with Crippen molar-refractivity contribution in [3.05, 3.63) is 47.5 Å². The van der Waals surface area contributed by atoms with Crippen LogP contribution in [-0.2, 0) is 4.74 Å². The zero-order valence-electron chi connectivity index (χ0n) is 15.1. The van der Waals surface area contributed by atoms with Crippen LogP contribution in [0.3, 0.4) is 0 Å². The van der Waals surface area contributed by atoms with Crippen molar-refractivity contribution in [1.82, 2.24) is 0 Å². The fourth-order valence-corrected chi connectivity index (χ4v) is 3.37. The van der Waals surface area contributed by atoms with Crippen molar-refractivity contribution in [3.8, 4) is 23.0 Å². The molecule has 9 heteroatoms. The van der Waals surface area contributed by atoms with E-state index >= 15 is 0 Å². The molecular weight excluding hydrogens is 384 g/mol. The Morgan fingerprint density at radius 1 is 1.00 bits per heavy atom. The van der Waals surface area contributed by atoms with Gasteiger partial charge in [0.2, 0.25) is 6.29 Å². The molecule has 0 aliphatic carbocycles. The average Bonchev–Trinajstić information content (AvgIpc) is 2.68. The van der Waals surface area contributed by atoms with E-state index in [1.54, 1.807) is 12.1 Å². The highest BCUT2D eigenvalue weighted by molar-refractivity contribution is 6.02. The molecule has 1 fully saturated rings. The predicted octanol–water partition coefficient (Wildman–Crippen LogP) is 0.622. The molecule has 2 aromatic carbocycles. The van der Waals surface area contributed by atoms with Crippen LogP contribution in [-0.4, -0.2) is 62.5 Å². The summed E-state index contributed by atoms with van der Waals surface area (Å²) in [5.74, 6) is -0.436. The summed E-state index contributed by atoms with van der Waals surface area (Å²) >= 11 is 0. The van der Waals surface area contributed by atoms with Gasteiger partial charge in [0.05, 0.1) is 13.0 Å². The first-order valence-corrected chi connectivity index (χ1v) is 9.01. The Bertz CT molecular complexity index is 911. The Hall–Kier alpha value is -2.85. The van der Waals surface area contributed by atoms with Crippen LogP contribution in [0.2, 0.25) is 0 Å². The molecule has 2 heterocycles.